The van der Waals surface area contributed by atoms with Crippen LogP contribution in [-0.4, -0.2) is 33.5 Å². The van der Waals surface area contributed by atoms with Crippen LogP contribution in [0.15, 0.2) is 54.9 Å². The summed E-state index contributed by atoms with van der Waals surface area (Å²) in [5.74, 6) is -2.25. The van der Waals surface area contributed by atoms with E-state index >= 15 is 0 Å². The highest BCUT2D eigenvalue weighted by Crippen LogP contribution is 2.33. The molecule has 0 aliphatic carbocycles. The molecule has 0 saturated heterocycles. The van der Waals surface area contributed by atoms with Crippen LogP contribution in [0.5, 0.6) is 6.01 Å². The largest absolute Gasteiger partial charge is 0.481 e. The Hall–Kier alpha value is -4.02. The quantitative estimate of drug-likeness (QED) is 0.310. The number of carboxylic acids is 1. The molecule has 1 heterocycles. The summed E-state index contributed by atoms with van der Waals surface area (Å²) >= 11 is 0. The van der Waals surface area contributed by atoms with Crippen LogP contribution in [0.2, 0.25) is 0 Å². The lowest BCUT2D eigenvalue weighted by molar-refractivity contribution is -0.138. The van der Waals surface area contributed by atoms with Crippen molar-refractivity contribution in [3.05, 3.63) is 77.4 Å². The summed E-state index contributed by atoms with van der Waals surface area (Å²) in [5, 5.41) is 11.2. The fourth-order valence-corrected chi connectivity index (χ4v) is 3.48. The average molecular weight is 519 g/mol. The molecule has 0 saturated carbocycles. The molecule has 2 aromatic carbocycles. The third-order valence-corrected chi connectivity index (χ3v) is 5.47. The molecule has 0 radical (unpaired) electrons. The Balaban J connectivity index is 1.75. The second-order valence-electron chi connectivity index (χ2n) is 8.22. The normalized spacial score (nSPS) is 12.1. The number of carbonyl (C=O) groups is 2. The van der Waals surface area contributed by atoms with Gasteiger partial charge in [-0.05, 0) is 48.7 Å². The summed E-state index contributed by atoms with van der Waals surface area (Å²) in [6, 6.07) is 8.69. The molecule has 3 rings (SSSR count). The molecular weight excluding hydrogens is 494 g/mol. The van der Waals surface area contributed by atoms with Gasteiger partial charge in [-0.2, -0.15) is 13.2 Å². The van der Waals surface area contributed by atoms with E-state index in [0.29, 0.717) is 24.1 Å². The predicted octanol–water partition coefficient (Wildman–Crippen LogP) is 5.82. The first-order valence-corrected chi connectivity index (χ1v) is 11.5. The zero-order chi connectivity index (χ0) is 27.0. The number of amides is 1. The zero-order valence-corrected chi connectivity index (χ0v) is 19.9. The number of rotatable bonds is 11. The summed E-state index contributed by atoms with van der Waals surface area (Å²) in [6.07, 6.45) is -0.573. The molecule has 0 spiro atoms. The van der Waals surface area contributed by atoms with Gasteiger partial charge in [0.15, 0.2) is 0 Å². The number of halogens is 4. The van der Waals surface area contributed by atoms with Gasteiger partial charge in [0.25, 0.3) is 5.91 Å². The summed E-state index contributed by atoms with van der Waals surface area (Å²) in [7, 11) is 0. The van der Waals surface area contributed by atoms with Crippen molar-refractivity contribution in [2.75, 3.05) is 6.54 Å². The van der Waals surface area contributed by atoms with Crippen LogP contribution in [0.1, 0.15) is 60.2 Å². The van der Waals surface area contributed by atoms with Gasteiger partial charge in [-0.25, -0.2) is 14.4 Å². The van der Waals surface area contributed by atoms with Gasteiger partial charge in [0, 0.05) is 35.6 Å². The topological polar surface area (TPSA) is 101 Å². The minimum Gasteiger partial charge on any atom is -0.481 e. The van der Waals surface area contributed by atoms with Gasteiger partial charge >= 0.3 is 18.2 Å². The fourth-order valence-electron chi connectivity index (χ4n) is 3.48. The predicted molar refractivity (Wildman–Crippen MR) is 126 cm³/mol. The third-order valence-electron chi connectivity index (χ3n) is 5.47. The molecule has 3 aromatic rings. The van der Waals surface area contributed by atoms with E-state index in [4.69, 9.17) is 9.84 Å². The van der Waals surface area contributed by atoms with Crippen LogP contribution in [-0.2, 0) is 11.0 Å². The lowest BCUT2D eigenvalue weighted by Crippen LogP contribution is -2.26. The van der Waals surface area contributed by atoms with Crippen LogP contribution in [0.25, 0.3) is 11.1 Å². The van der Waals surface area contributed by atoms with E-state index in [1.165, 1.54) is 12.4 Å². The van der Waals surface area contributed by atoms with Crippen LogP contribution in [0.4, 0.5) is 17.6 Å². The molecule has 0 aliphatic rings. The Bertz CT molecular complexity index is 1220. The molecule has 2 N–H and O–H groups in total. The Kier molecular flexibility index (Phi) is 9.15. The maximum absolute atomic E-state index is 14.2. The SMILES string of the molecule is CCCCC(Oc1ncc(-c2cc(C(F)(F)F)ccc2F)cn1)c1ccc(C(=O)NCCC(=O)O)cc1. The first-order chi connectivity index (χ1) is 17.6. The number of nitrogens with zero attached hydrogens (tertiary/aromatic N) is 2. The number of hydrogen-bond donors (Lipinski definition) is 2. The summed E-state index contributed by atoms with van der Waals surface area (Å²) in [4.78, 5) is 30.9. The summed E-state index contributed by atoms with van der Waals surface area (Å²) < 4.78 is 59.2. The highest BCUT2D eigenvalue weighted by molar-refractivity contribution is 5.94. The maximum Gasteiger partial charge on any atom is 0.416 e. The van der Waals surface area contributed by atoms with Crippen molar-refractivity contribution in [1.29, 1.82) is 0 Å². The van der Waals surface area contributed by atoms with Gasteiger partial charge in [-0.1, -0.05) is 25.5 Å². The van der Waals surface area contributed by atoms with Crippen molar-refractivity contribution in [2.45, 2.75) is 44.9 Å². The van der Waals surface area contributed by atoms with Gasteiger partial charge in [-0.3, -0.25) is 9.59 Å². The number of ether oxygens (including phenoxy) is 1. The van der Waals surface area contributed by atoms with Crippen LogP contribution >= 0.6 is 0 Å². The third kappa shape index (κ3) is 7.73. The van der Waals surface area contributed by atoms with Gasteiger partial charge in [0.05, 0.1) is 12.0 Å². The lowest BCUT2D eigenvalue weighted by Gasteiger charge is -2.18. The molecule has 7 nitrogen and oxygen atoms in total. The molecule has 196 valence electrons. The van der Waals surface area contributed by atoms with E-state index in [2.05, 4.69) is 15.3 Å². The molecular formula is C26H25F4N3O4. The molecule has 0 bridgehead atoms. The highest BCUT2D eigenvalue weighted by Gasteiger charge is 2.31. The molecule has 37 heavy (non-hydrogen) atoms. The van der Waals surface area contributed by atoms with E-state index in [1.807, 2.05) is 6.92 Å². The second-order valence-corrected chi connectivity index (χ2v) is 8.22. The molecule has 1 aromatic heterocycles. The van der Waals surface area contributed by atoms with E-state index in [-0.39, 0.29) is 30.1 Å². The Morgan fingerprint density at radius 1 is 1.08 bits per heavy atom. The minimum absolute atomic E-state index is 0.00981. The number of aliphatic carboxylic acids is 1. The van der Waals surface area contributed by atoms with E-state index in [1.54, 1.807) is 24.3 Å². The van der Waals surface area contributed by atoms with E-state index in [9.17, 15) is 27.2 Å². The van der Waals surface area contributed by atoms with Gasteiger partial charge < -0.3 is 15.2 Å². The number of hydrogen-bond acceptors (Lipinski definition) is 5. The molecule has 1 amide bonds. The zero-order valence-electron chi connectivity index (χ0n) is 19.9. The van der Waals surface area contributed by atoms with Gasteiger partial charge in [0.1, 0.15) is 11.9 Å². The van der Waals surface area contributed by atoms with Crippen LogP contribution < -0.4 is 10.1 Å². The number of carboxylic acid groups (broad SMARTS) is 1. The average Bonchev–Trinajstić information content (AvgIpc) is 2.86. The fraction of sp³-hybridized carbons (Fsp3) is 0.308. The van der Waals surface area contributed by atoms with E-state index in [0.717, 1.165) is 24.5 Å². The Morgan fingerprint density at radius 3 is 2.35 bits per heavy atom. The van der Waals surface area contributed by atoms with Crippen molar-refractivity contribution in [2.24, 2.45) is 0 Å². The summed E-state index contributed by atoms with van der Waals surface area (Å²) in [5.41, 5.74) is -0.0949. The lowest BCUT2D eigenvalue weighted by atomic mass is 10.0. The number of nitrogens with one attached hydrogen (secondary N) is 1. The number of aromatic nitrogens is 2. The van der Waals surface area contributed by atoms with Crippen molar-refractivity contribution in [3.63, 3.8) is 0 Å². The number of benzene rings is 2. The second kappa shape index (κ2) is 12.3. The van der Waals surface area contributed by atoms with Crippen LogP contribution in [0.3, 0.4) is 0 Å². The number of unbranched alkanes of at least 4 members (excludes halogenated alkanes) is 1. The Labute approximate surface area is 210 Å². The van der Waals surface area contributed by atoms with Crippen molar-refractivity contribution >= 4 is 11.9 Å². The monoisotopic (exact) mass is 519 g/mol. The summed E-state index contributed by atoms with van der Waals surface area (Å²) in [6.45, 7) is 2.02. The number of alkyl halides is 3. The van der Waals surface area contributed by atoms with Gasteiger partial charge in [0.2, 0.25) is 0 Å². The first kappa shape index (κ1) is 27.6. The van der Waals surface area contributed by atoms with Crippen molar-refractivity contribution in [1.82, 2.24) is 15.3 Å². The number of carbonyl (C=O) groups excluding carboxylic acids is 1. The smallest absolute Gasteiger partial charge is 0.416 e. The van der Waals surface area contributed by atoms with Crippen LogP contribution in [0, 0.1) is 5.82 Å². The molecule has 1 atom stereocenters. The molecule has 1 unspecified atom stereocenters. The molecule has 11 heteroatoms. The highest BCUT2D eigenvalue weighted by atomic mass is 19.4. The Morgan fingerprint density at radius 2 is 1.76 bits per heavy atom. The first-order valence-electron chi connectivity index (χ1n) is 11.5. The van der Waals surface area contributed by atoms with Crippen molar-refractivity contribution < 1.29 is 37.0 Å². The molecule has 0 fully saturated rings. The van der Waals surface area contributed by atoms with Crippen molar-refractivity contribution in [3.8, 4) is 17.1 Å². The molecule has 0 aliphatic heterocycles. The maximum atomic E-state index is 14.2. The van der Waals surface area contributed by atoms with E-state index < -0.39 is 35.5 Å². The minimum atomic E-state index is -4.62. The standard InChI is InChI=1S/C26H25F4N3O4/c1-2-3-4-22(16-5-7-17(8-6-16)24(36)31-12-11-23(34)35)37-25-32-14-18(15-33-25)20-13-19(26(28,29)30)9-10-21(20)27/h5-10,13-15,22H,2-4,11-12H2,1H3,(H,31,36)(H,34,35). The van der Waals surface area contributed by atoms with Gasteiger partial charge in [-0.15, -0.1) is 0 Å².